The third-order valence-electron chi connectivity index (χ3n) is 2.48. The number of rotatable bonds is 6. The first-order valence-corrected chi connectivity index (χ1v) is 9.82. The largest absolute Gasteiger partial charge is 0.323 e. The minimum absolute atomic E-state index is 0.0886. The number of hydrogen-bond donors (Lipinski definition) is 0. The predicted octanol–water partition coefficient (Wildman–Crippen LogP) is 2.76. The Morgan fingerprint density at radius 1 is 1.08 bits per heavy atom. The van der Waals surface area contributed by atoms with Crippen molar-refractivity contribution in [3.63, 3.8) is 0 Å². The summed E-state index contributed by atoms with van der Waals surface area (Å²) in [6.07, 6.45) is 2.57. The first-order chi connectivity index (χ1) is 6.02. The van der Waals surface area contributed by atoms with Crippen molar-refractivity contribution < 1.29 is 0 Å². The molecule has 2 atom stereocenters. The number of hydrogen-bond acceptors (Lipinski definition) is 1. The highest BCUT2D eigenvalue weighted by Gasteiger charge is 2.19. The standard InChI is InChI=1S/C10H24NSi2/c1-7-9(3)11(10(4)8-2)12-13(5)6/h9-10H,7-8H2,1-6H3. The van der Waals surface area contributed by atoms with Crippen molar-refractivity contribution in [3.8, 4) is 0 Å². The lowest BCUT2D eigenvalue weighted by molar-refractivity contribution is 0.272. The second kappa shape index (κ2) is 6.79. The molecule has 0 saturated carbocycles. The molecule has 0 spiro atoms. The molecule has 0 saturated heterocycles. The van der Waals surface area contributed by atoms with Crippen LogP contribution >= 0.6 is 0 Å². The lowest BCUT2D eigenvalue weighted by Gasteiger charge is -2.34. The van der Waals surface area contributed by atoms with Gasteiger partial charge in [-0.25, -0.2) is 0 Å². The van der Waals surface area contributed by atoms with Gasteiger partial charge in [-0.1, -0.05) is 40.8 Å². The SMILES string of the molecule is CCC(C)N([Si][Si](C)C)C(C)CC. The molecule has 1 nitrogen and oxygen atoms in total. The summed E-state index contributed by atoms with van der Waals surface area (Å²) in [4.78, 5) is 0. The molecule has 3 heteroatoms. The van der Waals surface area contributed by atoms with Crippen molar-refractivity contribution in [1.29, 1.82) is 0 Å². The molecule has 0 heterocycles. The zero-order chi connectivity index (χ0) is 10.4. The fraction of sp³-hybridized carbons (Fsp3) is 1.00. The van der Waals surface area contributed by atoms with Crippen LogP contribution in [0, 0.1) is 0 Å². The van der Waals surface area contributed by atoms with Gasteiger partial charge in [0.05, 0.1) is 0 Å². The summed E-state index contributed by atoms with van der Waals surface area (Å²) in [6.45, 7) is 14.2. The zero-order valence-corrected chi connectivity index (χ0v) is 12.0. The summed E-state index contributed by atoms with van der Waals surface area (Å²) in [5, 5.41) is 0. The lowest BCUT2D eigenvalue weighted by atomic mass is 10.2. The second-order valence-corrected chi connectivity index (χ2v) is 10.4. The van der Waals surface area contributed by atoms with E-state index < -0.39 is 0 Å². The van der Waals surface area contributed by atoms with E-state index >= 15 is 0 Å². The van der Waals surface area contributed by atoms with Crippen molar-refractivity contribution in [3.05, 3.63) is 0 Å². The Labute approximate surface area is 88.2 Å². The molecule has 3 radical (unpaired) electrons. The molecule has 0 aromatic rings. The Bertz CT molecular complexity index is 118. The van der Waals surface area contributed by atoms with E-state index in [1.807, 2.05) is 0 Å². The monoisotopic (exact) mass is 214 g/mol. The second-order valence-electron chi connectivity index (χ2n) is 4.03. The Morgan fingerprint density at radius 2 is 1.46 bits per heavy atom. The van der Waals surface area contributed by atoms with Crippen LogP contribution in [0.15, 0.2) is 0 Å². The summed E-state index contributed by atoms with van der Waals surface area (Å²) in [5.74, 6) is 0. The molecule has 0 aromatic heterocycles. The van der Waals surface area contributed by atoms with Crippen molar-refractivity contribution in [2.24, 2.45) is 0 Å². The van der Waals surface area contributed by atoms with Crippen LogP contribution in [0.2, 0.25) is 13.1 Å². The average Bonchev–Trinajstić information content (AvgIpc) is 2.11. The molecule has 0 aromatic carbocycles. The average molecular weight is 214 g/mol. The van der Waals surface area contributed by atoms with Gasteiger partial charge in [0.1, 0.15) is 9.20 Å². The van der Waals surface area contributed by atoms with E-state index in [4.69, 9.17) is 0 Å². The zero-order valence-electron chi connectivity index (χ0n) is 10.0. The van der Waals surface area contributed by atoms with Gasteiger partial charge >= 0.3 is 0 Å². The molecule has 0 fully saturated rings. The molecule has 2 unspecified atom stereocenters. The van der Waals surface area contributed by atoms with Gasteiger partial charge in [0.15, 0.2) is 0 Å². The van der Waals surface area contributed by atoms with Gasteiger partial charge in [0, 0.05) is 8.31 Å². The molecule has 0 N–H and O–H groups in total. The molecular weight excluding hydrogens is 190 g/mol. The summed E-state index contributed by atoms with van der Waals surface area (Å²) in [6, 6.07) is 1.54. The van der Waals surface area contributed by atoms with Crippen LogP contribution in [-0.2, 0) is 0 Å². The van der Waals surface area contributed by atoms with Crippen LogP contribution in [0.5, 0.6) is 0 Å². The molecule has 13 heavy (non-hydrogen) atoms. The van der Waals surface area contributed by atoms with E-state index in [1.54, 1.807) is 0 Å². The van der Waals surface area contributed by atoms with Gasteiger partial charge in [0.25, 0.3) is 0 Å². The fourth-order valence-electron chi connectivity index (χ4n) is 1.31. The third-order valence-corrected chi connectivity index (χ3v) is 6.19. The Morgan fingerprint density at radius 3 is 1.69 bits per heavy atom. The fourth-order valence-corrected chi connectivity index (χ4v) is 5.50. The molecular formula is C10H24NSi2. The molecule has 0 rings (SSSR count). The normalized spacial score (nSPS) is 16.6. The van der Waals surface area contributed by atoms with Crippen molar-refractivity contribution in [2.45, 2.75) is 65.7 Å². The first kappa shape index (κ1) is 13.4. The maximum Gasteiger partial charge on any atom is 0.124 e. The summed E-state index contributed by atoms with van der Waals surface area (Å²) in [7, 11) is 1.00. The molecule has 0 aliphatic heterocycles. The highest BCUT2D eigenvalue weighted by molar-refractivity contribution is 7.10. The predicted molar refractivity (Wildman–Crippen MR) is 64.6 cm³/mol. The van der Waals surface area contributed by atoms with E-state index in [0.29, 0.717) is 0 Å². The third kappa shape index (κ3) is 4.98. The van der Waals surface area contributed by atoms with Crippen LogP contribution in [0.4, 0.5) is 0 Å². The molecule has 0 aliphatic rings. The smallest absolute Gasteiger partial charge is 0.124 e. The highest BCUT2D eigenvalue weighted by atomic mass is 29.2. The molecule has 77 valence electrons. The van der Waals surface area contributed by atoms with Crippen molar-refractivity contribution in [1.82, 2.24) is 4.57 Å². The minimum Gasteiger partial charge on any atom is -0.323 e. The maximum absolute atomic E-state index is 2.72. The van der Waals surface area contributed by atoms with Gasteiger partial charge in [-0.2, -0.15) is 0 Å². The van der Waals surface area contributed by atoms with E-state index in [1.165, 1.54) is 12.8 Å². The molecule has 0 aliphatic carbocycles. The van der Waals surface area contributed by atoms with E-state index in [0.717, 1.165) is 21.3 Å². The Balaban J connectivity index is 4.17. The van der Waals surface area contributed by atoms with Crippen LogP contribution in [0.25, 0.3) is 0 Å². The first-order valence-electron chi connectivity index (χ1n) is 5.38. The number of nitrogens with zero attached hydrogens (tertiary/aromatic N) is 1. The van der Waals surface area contributed by atoms with Gasteiger partial charge in [0.2, 0.25) is 0 Å². The lowest BCUT2D eigenvalue weighted by Crippen LogP contribution is -2.46. The van der Waals surface area contributed by atoms with Gasteiger partial charge < -0.3 is 4.57 Å². The van der Waals surface area contributed by atoms with Crippen LogP contribution in [0.1, 0.15) is 40.5 Å². The summed E-state index contributed by atoms with van der Waals surface area (Å²) >= 11 is 0. The summed E-state index contributed by atoms with van der Waals surface area (Å²) in [5.41, 5.74) is 0. The van der Waals surface area contributed by atoms with E-state index in [2.05, 4.69) is 45.4 Å². The van der Waals surface area contributed by atoms with Crippen LogP contribution in [0.3, 0.4) is 0 Å². The van der Waals surface area contributed by atoms with E-state index in [-0.39, 0.29) is 8.31 Å². The topological polar surface area (TPSA) is 3.24 Å². The van der Waals surface area contributed by atoms with Gasteiger partial charge in [-0.15, -0.1) is 0 Å². The molecule has 0 bridgehead atoms. The Kier molecular flexibility index (Phi) is 7.00. The maximum atomic E-state index is 2.72. The quantitative estimate of drug-likeness (QED) is 0.615. The van der Waals surface area contributed by atoms with Gasteiger partial charge in [-0.3, -0.25) is 0 Å². The van der Waals surface area contributed by atoms with Crippen molar-refractivity contribution in [2.75, 3.05) is 0 Å². The van der Waals surface area contributed by atoms with Crippen LogP contribution in [-0.4, -0.2) is 34.2 Å². The van der Waals surface area contributed by atoms with Crippen LogP contribution < -0.4 is 0 Å². The minimum atomic E-state index is -0.0886. The summed E-state index contributed by atoms with van der Waals surface area (Å²) < 4.78 is 2.72. The molecule has 0 amide bonds. The van der Waals surface area contributed by atoms with Gasteiger partial charge in [-0.05, 0) is 24.9 Å². The Hall–Kier alpha value is 0.394. The van der Waals surface area contributed by atoms with E-state index in [9.17, 15) is 0 Å². The van der Waals surface area contributed by atoms with Crippen molar-refractivity contribution >= 4 is 17.5 Å². The highest BCUT2D eigenvalue weighted by Crippen LogP contribution is 2.10.